The quantitative estimate of drug-likeness (QED) is 0.0942. The summed E-state index contributed by atoms with van der Waals surface area (Å²) in [7, 11) is 0. The van der Waals surface area contributed by atoms with Crippen molar-refractivity contribution >= 4 is 17.9 Å². The molecule has 18 heteroatoms. The number of hydrogen-bond acceptors (Lipinski definition) is 17. The number of carbonyl (C=O) groups is 3. The zero-order valence-corrected chi connectivity index (χ0v) is 41.2. The number of esters is 2. The van der Waals surface area contributed by atoms with Crippen LogP contribution in [0.25, 0.3) is 0 Å². The fourth-order valence-corrected chi connectivity index (χ4v) is 15.2. The van der Waals surface area contributed by atoms with Crippen molar-refractivity contribution < 1.29 is 88.0 Å². The first kappa shape index (κ1) is 52.0. The molecule has 3 heterocycles. The van der Waals surface area contributed by atoms with Crippen molar-refractivity contribution in [1.82, 2.24) is 0 Å². The molecule has 0 aromatic heterocycles. The van der Waals surface area contributed by atoms with E-state index in [9.17, 15) is 50.1 Å². The van der Waals surface area contributed by atoms with Gasteiger partial charge in [-0.05, 0) is 111 Å². The second kappa shape index (κ2) is 18.6. The number of ether oxygens (including phenoxy) is 8. The summed E-state index contributed by atoms with van der Waals surface area (Å²) in [5, 5.41) is 78.7. The third kappa shape index (κ3) is 8.49. The second-order valence-corrected chi connectivity index (χ2v) is 23.6. The highest BCUT2D eigenvalue weighted by atomic mass is 16.8. The smallest absolute Gasteiger partial charge is 0.310 e. The van der Waals surface area contributed by atoms with Crippen molar-refractivity contribution in [2.45, 2.75) is 213 Å². The van der Waals surface area contributed by atoms with Gasteiger partial charge in [-0.25, -0.2) is 0 Å². The van der Waals surface area contributed by atoms with Gasteiger partial charge >= 0.3 is 17.9 Å². The van der Waals surface area contributed by atoms with Crippen molar-refractivity contribution in [3.8, 4) is 0 Å². The molecule has 0 spiro atoms. The maximum atomic E-state index is 13.2. The lowest BCUT2D eigenvalue weighted by Gasteiger charge is -2.71. The van der Waals surface area contributed by atoms with Gasteiger partial charge in [0.25, 0.3) is 0 Å². The Balaban J connectivity index is 1.00. The van der Waals surface area contributed by atoms with Gasteiger partial charge in [-0.15, -0.1) is 0 Å². The molecule has 22 atom stereocenters. The van der Waals surface area contributed by atoms with Gasteiger partial charge in [0.05, 0.1) is 37.4 Å². The number of rotatable bonds is 10. The fraction of sp³-hybridized carbons (Fsp3) is 0.900. The maximum Gasteiger partial charge on any atom is 0.310 e. The predicted octanol–water partition coefficient (Wildman–Crippen LogP) is 3.13. The molecule has 18 nitrogen and oxygen atoms in total. The van der Waals surface area contributed by atoms with Crippen LogP contribution in [0.4, 0.5) is 0 Å². The van der Waals surface area contributed by atoms with Gasteiger partial charge in [0.1, 0.15) is 42.7 Å². The zero-order valence-electron chi connectivity index (χ0n) is 41.2. The lowest BCUT2D eigenvalue weighted by molar-refractivity contribution is -0.379. The lowest BCUT2D eigenvalue weighted by Crippen LogP contribution is -2.67. The predicted molar refractivity (Wildman–Crippen MR) is 238 cm³/mol. The Labute approximate surface area is 399 Å². The first-order valence-corrected chi connectivity index (χ1v) is 24.9. The highest BCUT2D eigenvalue weighted by Gasteiger charge is 2.70. The summed E-state index contributed by atoms with van der Waals surface area (Å²) in [6.07, 6.45) is -9.52. The van der Waals surface area contributed by atoms with Gasteiger partial charge in [-0.1, -0.05) is 53.2 Å². The first-order valence-electron chi connectivity index (χ1n) is 24.9. The summed E-state index contributed by atoms with van der Waals surface area (Å²) in [6, 6.07) is 0. The van der Waals surface area contributed by atoms with Crippen LogP contribution in [-0.4, -0.2) is 159 Å². The van der Waals surface area contributed by atoms with Crippen molar-refractivity contribution in [2.75, 3.05) is 19.8 Å². The number of carboxylic acids is 1. The lowest BCUT2D eigenvalue weighted by atomic mass is 9.33. The molecule has 8 aliphatic rings. The number of allylic oxidation sites excluding steroid dienone is 2. The Morgan fingerprint density at radius 1 is 0.706 bits per heavy atom. The van der Waals surface area contributed by atoms with Gasteiger partial charge in [-0.3, -0.25) is 14.4 Å². The number of aliphatic hydroxyl groups is 6. The topological polar surface area (TPSA) is 267 Å². The van der Waals surface area contributed by atoms with Crippen LogP contribution in [0.15, 0.2) is 11.6 Å². The Bertz CT molecular complexity index is 1930. The average molecular weight is 967 g/mol. The van der Waals surface area contributed by atoms with E-state index in [2.05, 4.69) is 40.7 Å². The average Bonchev–Trinajstić information content (AvgIpc) is 3.26. The van der Waals surface area contributed by atoms with E-state index in [4.69, 9.17) is 37.9 Å². The van der Waals surface area contributed by atoms with Gasteiger partial charge in [0.15, 0.2) is 31.1 Å². The second-order valence-electron chi connectivity index (χ2n) is 23.6. The third-order valence-electron chi connectivity index (χ3n) is 19.3. The number of hydrogen-bond donors (Lipinski definition) is 7. The van der Waals surface area contributed by atoms with E-state index in [0.29, 0.717) is 19.3 Å². The number of carboxylic acid groups (broad SMARTS) is 1. The van der Waals surface area contributed by atoms with E-state index in [-0.39, 0.29) is 59.2 Å². The van der Waals surface area contributed by atoms with Gasteiger partial charge < -0.3 is 73.6 Å². The molecule has 0 bridgehead atoms. The van der Waals surface area contributed by atoms with Crippen LogP contribution in [0.1, 0.15) is 127 Å². The minimum atomic E-state index is -1.79. The highest BCUT2D eigenvalue weighted by molar-refractivity contribution is 5.76. The van der Waals surface area contributed by atoms with E-state index in [1.165, 1.54) is 12.5 Å². The number of aliphatic carboxylic acids is 1. The van der Waals surface area contributed by atoms with E-state index < -0.39 is 115 Å². The number of carbonyl (C=O) groups excluding carboxylic acids is 2. The Kier molecular flexibility index (Phi) is 14.2. The van der Waals surface area contributed by atoms with Gasteiger partial charge in [-0.2, -0.15) is 0 Å². The molecule has 8 rings (SSSR count). The molecule has 3 saturated heterocycles. The maximum absolute atomic E-state index is 13.2. The minimum Gasteiger partial charge on any atom is -0.481 e. The van der Waals surface area contributed by atoms with Crippen LogP contribution in [-0.2, 0) is 52.3 Å². The van der Waals surface area contributed by atoms with Gasteiger partial charge in [0.2, 0.25) is 0 Å². The molecular weight excluding hydrogens is 889 g/mol. The zero-order chi connectivity index (χ0) is 49.7. The van der Waals surface area contributed by atoms with E-state index in [1.54, 1.807) is 0 Å². The molecule has 7 fully saturated rings. The molecule has 0 amide bonds. The summed E-state index contributed by atoms with van der Waals surface area (Å²) in [6.45, 7) is 16.7. The molecule has 22 unspecified atom stereocenters. The SMILES string of the molecule is CC(=O)OC1COC(OC2C(O)C(C)OC(OC3C(OC4CCC5(C)C(CCC6(C)C5CC=C5C7CC(C)(C)CCC7(C(=O)O)CCC56C)C4(C)CO)OCC(O)C3O)C2O)C(O)C1OC(C)=O. The summed E-state index contributed by atoms with van der Waals surface area (Å²) < 4.78 is 47.1. The molecule has 0 aromatic rings. The third-order valence-corrected chi connectivity index (χ3v) is 19.3. The number of fused-ring (bicyclic) bond motifs is 7. The molecule has 4 saturated carbocycles. The van der Waals surface area contributed by atoms with E-state index in [0.717, 1.165) is 58.8 Å². The van der Waals surface area contributed by atoms with Crippen molar-refractivity contribution in [3.05, 3.63) is 11.6 Å². The molecule has 3 aliphatic heterocycles. The monoisotopic (exact) mass is 967 g/mol. The molecule has 0 aromatic carbocycles. The number of aliphatic hydroxyl groups excluding tert-OH is 6. The van der Waals surface area contributed by atoms with E-state index >= 15 is 0 Å². The molecule has 7 N–H and O–H groups in total. The van der Waals surface area contributed by atoms with Crippen molar-refractivity contribution in [2.24, 2.45) is 50.2 Å². The van der Waals surface area contributed by atoms with Crippen LogP contribution < -0.4 is 0 Å². The minimum absolute atomic E-state index is 0.00715. The first-order chi connectivity index (χ1) is 31.8. The standard InChI is InChI=1S/C50H78O18/c1-24-34(55)39(67-41-36(57)38(65-26(3)53)30(22-62-41)64-25(2)52)37(58)42(63-24)68-40-35(56)29(54)21-61-43(40)66-33-13-14-46(6)31(47(33,7)23-51)12-15-49(9)32(46)11-10-27-28-20-45(4,5)16-18-50(28,44(59)60)19-17-48(27,49)8/h10,24,28-43,51,54-58H,11-23H2,1-9H3,(H,59,60). The Morgan fingerprint density at radius 3 is 2.01 bits per heavy atom. The van der Waals surface area contributed by atoms with Crippen LogP contribution >= 0.6 is 0 Å². The van der Waals surface area contributed by atoms with Crippen LogP contribution in [0.3, 0.4) is 0 Å². The van der Waals surface area contributed by atoms with Gasteiger partial charge in [0, 0.05) is 19.3 Å². The summed E-state index contributed by atoms with van der Waals surface area (Å²) in [5.41, 5.74) is -0.641. The van der Waals surface area contributed by atoms with Crippen molar-refractivity contribution in [1.29, 1.82) is 0 Å². The highest BCUT2D eigenvalue weighted by Crippen LogP contribution is 2.76. The normalized spacial score (nSPS) is 51.1. The van der Waals surface area contributed by atoms with E-state index in [1.807, 2.05) is 6.92 Å². The largest absolute Gasteiger partial charge is 0.481 e. The molecular formula is C50H78O18. The summed E-state index contributed by atoms with van der Waals surface area (Å²) in [4.78, 5) is 36.8. The summed E-state index contributed by atoms with van der Waals surface area (Å²) >= 11 is 0. The fourth-order valence-electron chi connectivity index (χ4n) is 15.2. The molecule has 5 aliphatic carbocycles. The molecule has 68 heavy (non-hydrogen) atoms. The molecule has 386 valence electrons. The molecule has 0 radical (unpaired) electrons. The van der Waals surface area contributed by atoms with Crippen LogP contribution in [0.5, 0.6) is 0 Å². The van der Waals surface area contributed by atoms with Crippen molar-refractivity contribution in [3.63, 3.8) is 0 Å². The Hall–Kier alpha value is -2.33. The van der Waals surface area contributed by atoms with Crippen LogP contribution in [0, 0.1) is 50.2 Å². The summed E-state index contributed by atoms with van der Waals surface area (Å²) in [5.74, 6) is -1.89. The Morgan fingerprint density at radius 2 is 1.35 bits per heavy atom. The van der Waals surface area contributed by atoms with Crippen LogP contribution in [0.2, 0.25) is 0 Å².